The lowest BCUT2D eigenvalue weighted by Gasteiger charge is -2.17. The van der Waals surface area contributed by atoms with Crippen LogP contribution in [0.5, 0.6) is 0 Å². The lowest BCUT2D eigenvalue weighted by Crippen LogP contribution is -2.27. The van der Waals surface area contributed by atoms with Crippen molar-refractivity contribution in [3.63, 3.8) is 0 Å². The van der Waals surface area contributed by atoms with Crippen LogP contribution < -0.4 is 5.32 Å². The molecule has 6 aromatic carbocycles. The van der Waals surface area contributed by atoms with Crippen LogP contribution in [0.25, 0.3) is 59.4 Å². The summed E-state index contributed by atoms with van der Waals surface area (Å²) in [5, 5.41) is 18.7. The van der Waals surface area contributed by atoms with E-state index in [-0.39, 0.29) is 0 Å². The van der Waals surface area contributed by atoms with E-state index >= 15 is 0 Å². The molecule has 1 unspecified atom stereocenters. The monoisotopic (exact) mass is 677 g/mol. The number of para-hydroxylation sites is 2. The highest BCUT2D eigenvalue weighted by Gasteiger charge is 2.23. The van der Waals surface area contributed by atoms with Gasteiger partial charge in [-0.3, -0.25) is 9.98 Å². The summed E-state index contributed by atoms with van der Waals surface area (Å²) in [5.41, 5.74) is 9.17. The molecule has 246 valence electrons. The number of amidine groups is 1. The van der Waals surface area contributed by atoms with Crippen molar-refractivity contribution in [1.29, 1.82) is 5.41 Å². The van der Waals surface area contributed by atoms with Gasteiger partial charge in [0.25, 0.3) is 0 Å². The van der Waals surface area contributed by atoms with Gasteiger partial charge in [0.05, 0.1) is 33.1 Å². The van der Waals surface area contributed by atoms with E-state index in [9.17, 15) is 0 Å². The molecule has 0 amide bonds. The van der Waals surface area contributed by atoms with Crippen LogP contribution in [0.15, 0.2) is 145 Å². The lowest BCUT2D eigenvalue weighted by atomic mass is 9.96. The molecule has 0 bridgehead atoms. The molecule has 3 aromatic heterocycles. The van der Waals surface area contributed by atoms with Crippen LogP contribution in [0.1, 0.15) is 40.6 Å². The summed E-state index contributed by atoms with van der Waals surface area (Å²) in [5.74, 6) is 0.339. The molecule has 6 heteroatoms. The van der Waals surface area contributed by atoms with Crippen molar-refractivity contribution in [3.05, 3.63) is 161 Å². The molecule has 2 N–H and O–H groups in total. The third kappa shape index (κ3) is 4.89. The first-order chi connectivity index (χ1) is 25.2. The molecule has 0 saturated heterocycles. The van der Waals surface area contributed by atoms with E-state index in [1.54, 1.807) is 0 Å². The second kappa shape index (κ2) is 12.1. The average Bonchev–Trinajstić information content (AvgIpc) is 3.84. The zero-order valence-corrected chi connectivity index (χ0v) is 28.8. The predicted molar refractivity (Wildman–Crippen MR) is 215 cm³/mol. The number of benzene rings is 6. The Morgan fingerprint density at radius 2 is 1.35 bits per heavy atom. The van der Waals surface area contributed by atoms with Crippen LogP contribution >= 0.6 is 11.3 Å². The van der Waals surface area contributed by atoms with Crippen LogP contribution in [0, 0.1) is 5.41 Å². The number of fused-ring (bicyclic) bond motifs is 10. The van der Waals surface area contributed by atoms with Crippen molar-refractivity contribution in [3.8, 4) is 5.69 Å². The standard InChI is InChI=1S/C45H35N5S/c46-44(29-14-4-1-5-15-29)48-45(30-16-6-2-7-17-30)47-28-49-39-27-40-36(32-20-10-12-22-38(32)50(40)31-18-8-3-9-19-31)26-37(39)34-24-25-35-33-21-11-13-23-41(33)51-43(35)42(34)49/h1-10,12,14-20,22,24-28,45H,11,13,21,23H2,(H2,46,48)/b47-28+. The number of nitrogens with one attached hydrogen (secondary N) is 2. The number of aryl methyl sites for hydroxylation is 2. The molecule has 3 heterocycles. The van der Waals surface area contributed by atoms with E-state index in [0.29, 0.717) is 5.84 Å². The Bertz CT molecular complexity index is 2790. The predicted octanol–water partition coefficient (Wildman–Crippen LogP) is 11.2. The fourth-order valence-electron chi connectivity index (χ4n) is 8.08. The van der Waals surface area contributed by atoms with E-state index in [2.05, 4.69) is 105 Å². The summed E-state index contributed by atoms with van der Waals surface area (Å²) in [6.45, 7) is 0. The van der Waals surface area contributed by atoms with Crippen molar-refractivity contribution in [2.75, 3.05) is 0 Å². The molecule has 0 spiro atoms. The Labute approximate surface area is 299 Å². The molecule has 1 atom stereocenters. The quantitative estimate of drug-likeness (QED) is 0.134. The second-order valence-electron chi connectivity index (χ2n) is 13.5. The van der Waals surface area contributed by atoms with Gasteiger partial charge in [0.2, 0.25) is 0 Å². The normalized spacial score (nSPS) is 13.9. The number of aromatic nitrogens is 2. The van der Waals surface area contributed by atoms with E-state index < -0.39 is 6.17 Å². The number of aliphatic imine (C=N–C) groups is 1. The maximum Gasteiger partial charge on any atom is 0.147 e. The largest absolute Gasteiger partial charge is 0.345 e. The molecule has 0 aliphatic heterocycles. The number of hydrogen-bond acceptors (Lipinski definition) is 3. The third-order valence-corrected chi connectivity index (χ3v) is 11.8. The maximum atomic E-state index is 8.96. The topological polar surface area (TPSA) is 58.1 Å². The van der Waals surface area contributed by atoms with E-state index in [1.165, 1.54) is 65.9 Å². The summed E-state index contributed by atoms with van der Waals surface area (Å²) >= 11 is 1.97. The first-order valence-electron chi connectivity index (χ1n) is 17.7. The Morgan fingerprint density at radius 3 is 2.18 bits per heavy atom. The first-order valence-corrected chi connectivity index (χ1v) is 18.5. The highest BCUT2D eigenvalue weighted by Crippen LogP contribution is 2.44. The highest BCUT2D eigenvalue weighted by molar-refractivity contribution is 7.20. The molecule has 9 aromatic rings. The maximum absolute atomic E-state index is 8.96. The minimum absolute atomic E-state index is 0.339. The molecule has 0 radical (unpaired) electrons. The van der Waals surface area contributed by atoms with Crippen molar-refractivity contribution in [2.45, 2.75) is 31.8 Å². The molecule has 1 aliphatic rings. The fourth-order valence-corrected chi connectivity index (χ4v) is 9.52. The SMILES string of the molecule is N=C(NC(/N=C/n1c2cc3c(cc2c2ccc4c5c(sc4c21)CCCC5)c1ccccc1n3-c1ccccc1)c1ccccc1)c1ccccc1. The molecular weight excluding hydrogens is 643 g/mol. The van der Waals surface area contributed by atoms with E-state index in [0.717, 1.165) is 40.7 Å². The summed E-state index contributed by atoms with van der Waals surface area (Å²) < 4.78 is 6.05. The zero-order valence-electron chi connectivity index (χ0n) is 28.0. The Morgan fingerprint density at radius 1 is 0.667 bits per heavy atom. The van der Waals surface area contributed by atoms with Gasteiger partial charge in [-0.2, -0.15) is 0 Å². The summed E-state index contributed by atoms with van der Waals surface area (Å²) in [4.78, 5) is 6.81. The molecular formula is C45H35N5S. The lowest BCUT2D eigenvalue weighted by molar-refractivity contribution is 0.683. The van der Waals surface area contributed by atoms with Gasteiger partial charge in [-0.25, -0.2) is 4.99 Å². The van der Waals surface area contributed by atoms with Crippen molar-refractivity contribution < 1.29 is 0 Å². The van der Waals surface area contributed by atoms with Crippen molar-refractivity contribution in [1.82, 2.24) is 14.5 Å². The summed E-state index contributed by atoms with van der Waals surface area (Å²) in [7, 11) is 0. The number of thiophene rings is 1. The van der Waals surface area contributed by atoms with E-state index in [1.807, 2.05) is 66.2 Å². The van der Waals surface area contributed by atoms with Gasteiger partial charge in [-0.05, 0) is 72.5 Å². The summed E-state index contributed by atoms with van der Waals surface area (Å²) in [6, 6.07) is 48.9. The van der Waals surface area contributed by atoms with Gasteiger partial charge in [-0.1, -0.05) is 109 Å². The molecule has 5 nitrogen and oxygen atoms in total. The van der Waals surface area contributed by atoms with Gasteiger partial charge in [0, 0.05) is 37.7 Å². The van der Waals surface area contributed by atoms with Gasteiger partial charge in [-0.15, -0.1) is 11.3 Å². The molecule has 1 aliphatic carbocycles. The first kappa shape index (κ1) is 29.9. The summed E-state index contributed by atoms with van der Waals surface area (Å²) in [6.07, 6.45) is 6.36. The van der Waals surface area contributed by atoms with Crippen molar-refractivity contribution in [2.24, 2.45) is 4.99 Å². The molecule has 0 saturated carbocycles. The number of rotatable bonds is 6. The third-order valence-electron chi connectivity index (χ3n) is 10.5. The smallest absolute Gasteiger partial charge is 0.147 e. The van der Waals surface area contributed by atoms with Crippen molar-refractivity contribution >= 4 is 77.2 Å². The van der Waals surface area contributed by atoms with Crippen LogP contribution in [-0.2, 0) is 12.8 Å². The molecule has 10 rings (SSSR count). The second-order valence-corrected chi connectivity index (χ2v) is 14.6. The van der Waals surface area contributed by atoms with Crippen LogP contribution in [0.2, 0.25) is 0 Å². The van der Waals surface area contributed by atoms with Gasteiger partial charge < -0.3 is 9.88 Å². The highest BCUT2D eigenvalue weighted by atomic mass is 32.1. The minimum atomic E-state index is -0.457. The Balaban J connectivity index is 1.25. The van der Waals surface area contributed by atoms with Crippen LogP contribution in [0.3, 0.4) is 0 Å². The number of nitrogens with zero attached hydrogens (tertiary/aromatic N) is 3. The van der Waals surface area contributed by atoms with Gasteiger partial charge in [0.15, 0.2) is 0 Å². The van der Waals surface area contributed by atoms with Gasteiger partial charge in [0.1, 0.15) is 12.0 Å². The number of hydrogen-bond donors (Lipinski definition) is 2. The minimum Gasteiger partial charge on any atom is -0.345 e. The zero-order chi connectivity index (χ0) is 33.9. The van der Waals surface area contributed by atoms with Crippen LogP contribution in [-0.4, -0.2) is 21.3 Å². The molecule has 51 heavy (non-hydrogen) atoms. The fraction of sp³-hybridized carbons (Fsp3) is 0.111. The average molecular weight is 678 g/mol. The molecule has 0 fully saturated rings. The van der Waals surface area contributed by atoms with Crippen LogP contribution in [0.4, 0.5) is 0 Å². The Kier molecular flexibility index (Phi) is 7.10. The van der Waals surface area contributed by atoms with Gasteiger partial charge >= 0.3 is 0 Å². The van der Waals surface area contributed by atoms with E-state index in [4.69, 9.17) is 10.4 Å². The Hall–Kier alpha value is -5.98.